The average molecular weight is 948 g/mol. The molecule has 0 radical (unpaired) electrons. The summed E-state index contributed by atoms with van der Waals surface area (Å²) in [4.78, 5) is 0. The zero-order chi connectivity index (χ0) is 48.4. The number of benzene rings is 12. The first-order chi connectivity index (χ1) is 35.7. The molecule has 14 aromatic rings. The van der Waals surface area contributed by atoms with Gasteiger partial charge in [0.25, 0.3) is 0 Å². The van der Waals surface area contributed by atoms with Crippen LogP contribution in [0.2, 0.25) is 6.04 Å². The standard InChI is InChI=1S/C69H49N3Si/c1-41-21-54-23-45-13-5-7-15-47(45)25-56(54)31-53(41)34-64-43(3)40-73(70(44(64)4)65-35-59-28-50-18-10-6-14-46(50)24-55(59)22-42(65)2)71-66-36-60-29-51-19-11-8-16-48(51)26-57(60)32-62(66)38-68(71)69-39-63-33-58-27-49-17-9-12-20-52(49)30-61(58)37-67(63)72(69)73/h5-39,43H,4,40H2,1-3H3/b64-34+. The van der Waals surface area contributed by atoms with Crippen LogP contribution in [-0.2, 0) is 0 Å². The second-order valence-electron chi connectivity index (χ2n) is 21.3. The van der Waals surface area contributed by atoms with Gasteiger partial charge in [-0.25, -0.2) is 0 Å². The maximum Gasteiger partial charge on any atom is 0.394 e. The molecule has 3 nitrogen and oxygen atoms in total. The summed E-state index contributed by atoms with van der Waals surface area (Å²) in [6.07, 6.45) is 2.49. The fourth-order valence-electron chi connectivity index (χ4n) is 13.5. The Morgan fingerprint density at radius 3 is 1.16 bits per heavy atom. The van der Waals surface area contributed by atoms with Crippen molar-refractivity contribution >= 4 is 128 Å². The van der Waals surface area contributed by atoms with E-state index < -0.39 is 8.56 Å². The molecule has 2 aliphatic heterocycles. The van der Waals surface area contributed by atoms with E-state index in [0.29, 0.717) is 0 Å². The molecule has 344 valence electrons. The molecule has 4 heterocycles. The van der Waals surface area contributed by atoms with E-state index in [1.165, 1.54) is 147 Å². The SMILES string of the molecule is C=C1/C(=C/c2cc3cc4ccccc4cc3cc2C)C(C)C[Si]2(N1c1cc3cc4ccccc4cc3cc1C)n1c(cc3cc4cc5ccccc5cc4cc31)-c1cc3cc4cc5ccccc5cc4cc3n12. The number of rotatable bonds is 2. The van der Waals surface area contributed by atoms with E-state index in [4.69, 9.17) is 6.58 Å². The van der Waals surface area contributed by atoms with Crippen molar-refractivity contribution in [3.63, 3.8) is 0 Å². The van der Waals surface area contributed by atoms with Crippen molar-refractivity contribution in [2.24, 2.45) is 5.92 Å². The molecule has 73 heavy (non-hydrogen) atoms. The van der Waals surface area contributed by atoms with Gasteiger partial charge in [-0.1, -0.05) is 117 Å². The lowest BCUT2D eigenvalue weighted by atomic mass is 9.93. The lowest BCUT2D eigenvalue weighted by Gasteiger charge is -2.50. The van der Waals surface area contributed by atoms with Crippen LogP contribution in [-0.4, -0.2) is 17.0 Å². The van der Waals surface area contributed by atoms with Crippen molar-refractivity contribution in [3.05, 3.63) is 241 Å². The Morgan fingerprint density at radius 2 is 0.740 bits per heavy atom. The molecule has 1 saturated heterocycles. The Morgan fingerprint density at radius 1 is 0.397 bits per heavy atom. The highest BCUT2D eigenvalue weighted by atomic mass is 28.4. The van der Waals surface area contributed by atoms with Gasteiger partial charge < -0.3 is 13.0 Å². The Kier molecular flexibility index (Phi) is 8.25. The van der Waals surface area contributed by atoms with E-state index in [1.54, 1.807) is 0 Å². The highest BCUT2D eigenvalue weighted by Gasteiger charge is 2.59. The molecule has 2 aliphatic rings. The minimum Gasteiger partial charge on any atom is -0.333 e. The van der Waals surface area contributed by atoms with Crippen LogP contribution in [0.4, 0.5) is 5.69 Å². The monoisotopic (exact) mass is 947 g/mol. The van der Waals surface area contributed by atoms with Crippen molar-refractivity contribution < 1.29 is 0 Å². The predicted molar refractivity (Wildman–Crippen MR) is 315 cm³/mol. The van der Waals surface area contributed by atoms with Crippen LogP contribution in [0.3, 0.4) is 0 Å². The first-order valence-electron chi connectivity index (χ1n) is 25.8. The lowest BCUT2D eigenvalue weighted by molar-refractivity contribution is 0.709. The fraction of sp³-hybridized carbons (Fsp3) is 0.0725. The van der Waals surface area contributed by atoms with Crippen LogP contribution < -0.4 is 4.57 Å². The quantitative estimate of drug-likeness (QED) is 0.124. The van der Waals surface area contributed by atoms with Gasteiger partial charge in [0.05, 0.1) is 11.4 Å². The van der Waals surface area contributed by atoms with E-state index in [-0.39, 0.29) is 5.92 Å². The Hall–Kier alpha value is -8.70. The molecule has 1 fully saturated rings. The number of fused-ring (bicyclic) bond motifs is 17. The number of hydrogen-bond acceptors (Lipinski definition) is 1. The second-order valence-corrected chi connectivity index (χ2v) is 24.6. The van der Waals surface area contributed by atoms with Gasteiger partial charge in [0.2, 0.25) is 0 Å². The van der Waals surface area contributed by atoms with Gasteiger partial charge in [0.1, 0.15) is 0 Å². The summed E-state index contributed by atoms with van der Waals surface area (Å²) in [5.41, 5.74) is 12.5. The molecular weight excluding hydrogens is 899 g/mol. The fourth-order valence-corrected chi connectivity index (χ4v) is 19.2. The molecule has 12 aromatic carbocycles. The van der Waals surface area contributed by atoms with Gasteiger partial charge in [-0.3, -0.25) is 0 Å². The highest BCUT2D eigenvalue weighted by molar-refractivity contribution is 6.85. The first-order valence-corrected chi connectivity index (χ1v) is 27.8. The zero-order valence-electron chi connectivity index (χ0n) is 41.0. The normalized spacial score (nSPS) is 16.1. The second kappa shape index (κ2) is 14.7. The van der Waals surface area contributed by atoms with Crippen molar-refractivity contribution in [1.82, 2.24) is 8.47 Å². The van der Waals surface area contributed by atoms with Crippen molar-refractivity contribution in [1.29, 1.82) is 0 Å². The maximum absolute atomic E-state index is 5.33. The van der Waals surface area contributed by atoms with Crippen molar-refractivity contribution in [3.8, 4) is 11.4 Å². The summed E-state index contributed by atoms with van der Waals surface area (Å²) in [6.45, 7) is 12.4. The summed E-state index contributed by atoms with van der Waals surface area (Å²) < 4.78 is 8.51. The summed E-state index contributed by atoms with van der Waals surface area (Å²) in [6, 6.07) is 79.6. The van der Waals surface area contributed by atoms with E-state index in [9.17, 15) is 0 Å². The topological polar surface area (TPSA) is 13.1 Å². The third-order valence-electron chi connectivity index (χ3n) is 17.0. The smallest absolute Gasteiger partial charge is 0.333 e. The first kappa shape index (κ1) is 41.0. The summed E-state index contributed by atoms with van der Waals surface area (Å²) in [5, 5.41) is 22.7. The number of aryl methyl sites for hydroxylation is 2. The van der Waals surface area contributed by atoms with E-state index in [1.807, 2.05) is 0 Å². The molecular formula is C69H49N3Si. The average Bonchev–Trinajstić information content (AvgIpc) is 4.04. The molecule has 0 saturated carbocycles. The third kappa shape index (κ3) is 5.81. The predicted octanol–water partition coefficient (Wildman–Crippen LogP) is 18.5. The van der Waals surface area contributed by atoms with Gasteiger partial charge in [0.15, 0.2) is 0 Å². The molecule has 1 spiro atoms. The van der Waals surface area contributed by atoms with E-state index in [0.717, 1.165) is 11.7 Å². The highest BCUT2D eigenvalue weighted by Crippen LogP contribution is 2.54. The molecule has 2 aromatic heterocycles. The summed E-state index contributed by atoms with van der Waals surface area (Å²) in [7, 11) is -3.26. The van der Waals surface area contributed by atoms with Crippen LogP contribution in [0.5, 0.6) is 0 Å². The molecule has 0 N–H and O–H groups in total. The Labute approximate surface area is 424 Å². The summed E-state index contributed by atoms with van der Waals surface area (Å²) >= 11 is 0. The minimum atomic E-state index is -3.26. The van der Waals surface area contributed by atoms with E-state index >= 15 is 0 Å². The molecule has 1 atom stereocenters. The van der Waals surface area contributed by atoms with Crippen LogP contribution in [0.15, 0.2) is 224 Å². The van der Waals surface area contributed by atoms with Gasteiger partial charge >= 0.3 is 8.56 Å². The van der Waals surface area contributed by atoms with Gasteiger partial charge in [-0.05, 0) is 237 Å². The van der Waals surface area contributed by atoms with E-state index in [2.05, 4.69) is 246 Å². The number of aromatic nitrogens is 2. The maximum atomic E-state index is 5.33. The Balaban J connectivity index is 1.01. The van der Waals surface area contributed by atoms with Crippen molar-refractivity contribution in [2.75, 3.05) is 4.57 Å². The third-order valence-corrected chi connectivity index (χ3v) is 21.7. The molecule has 1 unspecified atom stereocenters. The Bertz CT molecular complexity index is 4690. The van der Waals surface area contributed by atoms with Crippen LogP contribution in [0, 0.1) is 19.8 Å². The number of nitrogens with zero attached hydrogens (tertiary/aromatic N) is 3. The van der Waals surface area contributed by atoms with Crippen LogP contribution >= 0.6 is 0 Å². The molecule has 0 bridgehead atoms. The number of allylic oxidation sites excluding steroid dienone is 1. The van der Waals surface area contributed by atoms with Crippen LogP contribution in [0.25, 0.3) is 125 Å². The molecule has 0 aliphatic carbocycles. The largest absolute Gasteiger partial charge is 0.394 e. The number of anilines is 1. The zero-order valence-corrected chi connectivity index (χ0v) is 42.0. The molecule has 16 rings (SSSR count). The van der Waals surface area contributed by atoms with Crippen molar-refractivity contribution in [2.45, 2.75) is 26.8 Å². The summed E-state index contributed by atoms with van der Waals surface area (Å²) in [5.74, 6) is 0.175. The minimum absolute atomic E-state index is 0.175. The van der Waals surface area contributed by atoms with Gasteiger partial charge in [0, 0.05) is 39.2 Å². The number of hydrogen-bond donors (Lipinski definition) is 0. The van der Waals surface area contributed by atoms with Gasteiger partial charge in [-0.2, -0.15) is 0 Å². The molecule has 0 amide bonds. The van der Waals surface area contributed by atoms with Crippen LogP contribution in [0.1, 0.15) is 23.6 Å². The van der Waals surface area contributed by atoms with Gasteiger partial charge in [-0.15, -0.1) is 0 Å². The lowest BCUT2D eigenvalue weighted by Crippen LogP contribution is -2.66. The molecule has 4 heteroatoms.